The van der Waals surface area contributed by atoms with Crippen LogP contribution in [0.5, 0.6) is 0 Å². The molecule has 0 radical (unpaired) electrons. The van der Waals surface area contributed by atoms with Crippen molar-refractivity contribution in [3.05, 3.63) is 0 Å². The van der Waals surface area contributed by atoms with E-state index in [4.69, 9.17) is 19.7 Å². The van der Waals surface area contributed by atoms with Crippen molar-refractivity contribution in [3.8, 4) is 0 Å². The van der Waals surface area contributed by atoms with Gasteiger partial charge >= 0.3 is 5.97 Å². The maximum atomic E-state index is 11.1. The number of carbonyl (C=O) groups excluding carboxylic acids is 1. The lowest BCUT2D eigenvalue weighted by molar-refractivity contribution is -0.155. The molecule has 0 bridgehead atoms. The van der Waals surface area contributed by atoms with E-state index in [9.17, 15) is 4.79 Å². The highest BCUT2D eigenvalue weighted by Crippen LogP contribution is 1.96. The minimum atomic E-state index is -0.424. The van der Waals surface area contributed by atoms with E-state index in [-0.39, 0.29) is 19.2 Å². The van der Waals surface area contributed by atoms with Crippen LogP contribution in [0, 0.1) is 0 Å². The van der Waals surface area contributed by atoms with E-state index < -0.39 is 6.10 Å². The summed E-state index contributed by atoms with van der Waals surface area (Å²) < 4.78 is 14.6. The standard InChI is InChI=1S/C9H18O3.C4H10O3/c1-4-6-7-12-9(10)8(3)11-5-2;5-1-3-7-4-2-6/h8H,4-7H2,1-3H3;5-6H,1-4H2. The zero-order chi connectivity index (χ0) is 14.9. The molecule has 1 unspecified atom stereocenters. The fourth-order valence-electron chi connectivity index (χ4n) is 0.984. The second kappa shape index (κ2) is 17.3. The maximum Gasteiger partial charge on any atom is 0.334 e. The summed E-state index contributed by atoms with van der Waals surface area (Å²) in [6.07, 6.45) is 1.53. The molecule has 0 aliphatic heterocycles. The Labute approximate surface area is 115 Å². The monoisotopic (exact) mass is 280 g/mol. The van der Waals surface area contributed by atoms with E-state index in [0.717, 1.165) is 12.8 Å². The number of hydrogen-bond acceptors (Lipinski definition) is 6. The summed E-state index contributed by atoms with van der Waals surface area (Å²) in [4.78, 5) is 11.1. The summed E-state index contributed by atoms with van der Waals surface area (Å²) in [5.41, 5.74) is 0. The first-order valence-corrected chi connectivity index (χ1v) is 6.71. The first-order valence-electron chi connectivity index (χ1n) is 6.71. The number of aliphatic hydroxyl groups excluding tert-OH is 2. The van der Waals surface area contributed by atoms with Crippen LogP contribution in [0.4, 0.5) is 0 Å². The summed E-state index contributed by atoms with van der Waals surface area (Å²) >= 11 is 0. The molecule has 1 atom stereocenters. The molecule has 0 heterocycles. The van der Waals surface area contributed by atoms with E-state index in [0.29, 0.717) is 26.4 Å². The van der Waals surface area contributed by atoms with Crippen molar-refractivity contribution in [1.29, 1.82) is 0 Å². The summed E-state index contributed by atoms with van der Waals surface area (Å²) in [5, 5.41) is 16.2. The van der Waals surface area contributed by atoms with Crippen molar-refractivity contribution in [2.75, 3.05) is 39.6 Å². The molecule has 0 aromatic heterocycles. The molecule has 0 aliphatic rings. The topological polar surface area (TPSA) is 85.2 Å². The molecule has 0 aromatic rings. The largest absolute Gasteiger partial charge is 0.464 e. The first kappa shape index (κ1) is 20.6. The van der Waals surface area contributed by atoms with Crippen LogP contribution >= 0.6 is 0 Å². The summed E-state index contributed by atoms with van der Waals surface area (Å²) in [7, 11) is 0. The summed E-state index contributed by atoms with van der Waals surface area (Å²) in [6.45, 7) is 7.37. The lowest BCUT2D eigenvalue weighted by Crippen LogP contribution is -2.23. The van der Waals surface area contributed by atoms with Crippen molar-refractivity contribution in [2.45, 2.75) is 39.7 Å². The second-order valence-corrected chi connectivity index (χ2v) is 3.68. The molecule has 2 N–H and O–H groups in total. The highest BCUT2D eigenvalue weighted by atomic mass is 16.6. The van der Waals surface area contributed by atoms with Crippen LogP contribution in [0.15, 0.2) is 0 Å². The van der Waals surface area contributed by atoms with Crippen LogP contribution < -0.4 is 0 Å². The lowest BCUT2D eigenvalue weighted by Gasteiger charge is -2.10. The third-order valence-electron chi connectivity index (χ3n) is 1.96. The van der Waals surface area contributed by atoms with Gasteiger partial charge in [0.15, 0.2) is 6.10 Å². The van der Waals surface area contributed by atoms with Crippen LogP contribution in [-0.4, -0.2) is 61.9 Å². The van der Waals surface area contributed by atoms with Gasteiger partial charge in [-0.2, -0.15) is 0 Å². The Balaban J connectivity index is 0. The minimum absolute atomic E-state index is 0.0278. The number of unbranched alkanes of at least 4 members (excludes halogenated alkanes) is 1. The maximum absolute atomic E-state index is 11.1. The van der Waals surface area contributed by atoms with Crippen molar-refractivity contribution >= 4 is 5.97 Å². The minimum Gasteiger partial charge on any atom is -0.464 e. The van der Waals surface area contributed by atoms with E-state index >= 15 is 0 Å². The van der Waals surface area contributed by atoms with Gasteiger partial charge in [-0.1, -0.05) is 13.3 Å². The number of carbonyl (C=O) groups is 1. The molecule has 6 nitrogen and oxygen atoms in total. The molecule has 0 aromatic carbocycles. The van der Waals surface area contributed by atoms with Crippen molar-refractivity contribution < 1.29 is 29.2 Å². The van der Waals surface area contributed by atoms with Gasteiger partial charge in [0.2, 0.25) is 0 Å². The molecule has 19 heavy (non-hydrogen) atoms. The van der Waals surface area contributed by atoms with E-state index in [1.165, 1.54) is 0 Å². The van der Waals surface area contributed by atoms with Crippen LogP contribution in [0.25, 0.3) is 0 Å². The van der Waals surface area contributed by atoms with Crippen molar-refractivity contribution in [3.63, 3.8) is 0 Å². The Hall–Kier alpha value is -0.690. The Morgan fingerprint density at radius 3 is 2.11 bits per heavy atom. The number of aliphatic hydroxyl groups is 2. The molecule has 0 aliphatic carbocycles. The zero-order valence-corrected chi connectivity index (χ0v) is 12.3. The zero-order valence-electron chi connectivity index (χ0n) is 12.3. The van der Waals surface area contributed by atoms with Crippen molar-refractivity contribution in [1.82, 2.24) is 0 Å². The van der Waals surface area contributed by atoms with Crippen LogP contribution in [-0.2, 0) is 19.0 Å². The average molecular weight is 280 g/mol. The lowest BCUT2D eigenvalue weighted by atomic mass is 10.3. The first-order chi connectivity index (χ1) is 9.13. The molecule has 0 spiro atoms. The number of ether oxygens (including phenoxy) is 3. The molecule has 0 saturated heterocycles. The number of rotatable bonds is 10. The van der Waals surface area contributed by atoms with Gasteiger partial charge in [-0.05, 0) is 20.3 Å². The van der Waals surface area contributed by atoms with Gasteiger partial charge in [0.25, 0.3) is 0 Å². The van der Waals surface area contributed by atoms with Gasteiger partial charge in [-0.15, -0.1) is 0 Å². The molecule has 116 valence electrons. The molecule has 0 rings (SSSR count). The van der Waals surface area contributed by atoms with Crippen molar-refractivity contribution in [2.24, 2.45) is 0 Å². The fourth-order valence-corrected chi connectivity index (χ4v) is 0.984. The van der Waals surface area contributed by atoms with Gasteiger partial charge in [-0.3, -0.25) is 0 Å². The highest BCUT2D eigenvalue weighted by Gasteiger charge is 2.12. The smallest absolute Gasteiger partial charge is 0.334 e. The predicted octanol–water partition coefficient (Wildman–Crippen LogP) is 0.742. The van der Waals surface area contributed by atoms with Crippen LogP contribution in [0.2, 0.25) is 0 Å². The van der Waals surface area contributed by atoms with Gasteiger partial charge in [0, 0.05) is 6.61 Å². The van der Waals surface area contributed by atoms with Gasteiger partial charge < -0.3 is 24.4 Å². The quantitative estimate of drug-likeness (QED) is 0.453. The summed E-state index contributed by atoms with van der Waals surface area (Å²) in [6, 6.07) is 0. The normalized spacial score (nSPS) is 11.4. The highest BCUT2D eigenvalue weighted by molar-refractivity contribution is 5.74. The number of hydrogen-bond donors (Lipinski definition) is 2. The van der Waals surface area contributed by atoms with Crippen LogP contribution in [0.1, 0.15) is 33.6 Å². The Bertz CT molecular complexity index is 182. The molecule has 0 saturated carbocycles. The Morgan fingerprint density at radius 1 is 1.11 bits per heavy atom. The predicted molar refractivity (Wildman–Crippen MR) is 71.9 cm³/mol. The third-order valence-corrected chi connectivity index (χ3v) is 1.96. The molecule has 0 fully saturated rings. The average Bonchev–Trinajstić information content (AvgIpc) is 2.40. The van der Waals surface area contributed by atoms with E-state index in [1.807, 2.05) is 6.92 Å². The SMILES string of the molecule is CCCCOC(=O)C(C)OCC.OCCOCCO. The fraction of sp³-hybridized carbons (Fsp3) is 0.923. The Morgan fingerprint density at radius 2 is 1.68 bits per heavy atom. The second-order valence-electron chi connectivity index (χ2n) is 3.68. The molecule has 6 heteroatoms. The Kier molecular flexibility index (Phi) is 18.8. The van der Waals surface area contributed by atoms with E-state index in [1.54, 1.807) is 6.92 Å². The molecule has 0 amide bonds. The van der Waals surface area contributed by atoms with Gasteiger partial charge in [-0.25, -0.2) is 4.79 Å². The van der Waals surface area contributed by atoms with Crippen LogP contribution in [0.3, 0.4) is 0 Å². The summed E-state index contributed by atoms with van der Waals surface area (Å²) in [5.74, 6) is -0.259. The third kappa shape index (κ3) is 17.3. The molecular weight excluding hydrogens is 252 g/mol. The van der Waals surface area contributed by atoms with Gasteiger partial charge in [0.05, 0.1) is 33.0 Å². The van der Waals surface area contributed by atoms with Gasteiger partial charge in [0.1, 0.15) is 0 Å². The molecular formula is C13H28O6. The van der Waals surface area contributed by atoms with E-state index in [2.05, 4.69) is 11.7 Å². The number of esters is 1.